The normalized spacial score (nSPS) is 11.3. The molecule has 0 radical (unpaired) electrons. The van der Waals surface area contributed by atoms with Crippen LogP contribution < -0.4 is 5.73 Å². The predicted molar refractivity (Wildman–Crippen MR) is 70.9 cm³/mol. The van der Waals surface area contributed by atoms with Crippen LogP contribution in [0.1, 0.15) is 11.5 Å². The third-order valence-electron chi connectivity index (χ3n) is 3.04. The molecular formula is C13H15N5. The average Bonchev–Trinajstić information content (AvgIpc) is 2.89. The summed E-state index contributed by atoms with van der Waals surface area (Å²) in [6.45, 7) is 2.41. The van der Waals surface area contributed by atoms with Gasteiger partial charge in [-0.25, -0.2) is 4.98 Å². The Labute approximate surface area is 105 Å². The van der Waals surface area contributed by atoms with Crippen molar-refractivity contribution in [3.05, 3.63) is 35.8 Å². The number of nitrogens with zero attached hydrogens (tertiary/aromatic N) is 3. The number of aryl methyl sites for hydroxylation is 2. The molecule has 0 aliphatic rings. The minimum atomic E-state index is 0.458. The molecule has 18 heavy (non-hydrogen) atoms. The molecule has 5 heteroatoms. The Kier molecular flexibility index (Phi) is 2.41. The summed E-state index contributed by atoms with van der Waals surface area (Å²) in [5.74, 6) is 0.926. The number of nitrogens with two attached hydrogens (primary N) is 1. The zero-order chi connectivity index (χ0) is 12.7. The van der Waals surface area contributed by atoms with Gasteiger partial charge in [0.05, 0.1) is 22.4 Å². The van der Waals surface area contributed by atoms with E-state index in [2.05, 4.69) is 27.2 Å². The molecule has 92 valence electrons. The molecule has 0 unspecified atom stereocenters. The zero-order valence-corrected chi connectivity index (χ0v) is 10.4. The highest BCUT2D eigenvalue weighted by Crippen LogP contribution is 2.23. The number of benzene rings is 1. The Morgan fingerprint density at radius 3 is 2.89 bits per heavy atom. The molecule has 0 spiro atoms. The molecule has 0 saturated heterocycles. The monoisotopic (exact) mass is 241 g/mol. The van der Waals surface area contributed by atoms with E-state index in [0.717, 1.165) is 33.8 Å². The van der Waals surface area contributed by atoms with Crippen molar-refractivity contribution in [3.8, 4) is 11.3 Å². The van der Waals surface area contributed by atoms with Crippen LogP contribution in [0.4, 0.5) is 0 Å². The highest BCUT2D eigenvalue weighted by atomic mass is 15.3. The highest BCUT2D eigenvalue weighted by Gasteiger charge is 2.08. The molecule has 2 heterocycles. The summed E-state index contributed by atoms with van der Waals surface area (Å²) in [6.07, 6.45) is 0. The fourth-order valence-corrected chi connectivity index (χ4v) is 2.19. The lowest BCUT2D eigenvalue weighted by atomic mass is 10.1. The first-order chi connectivity index (χ1) is 8.67. The SMILES string of the molecule is Cc1nc2ccc(-c3cc(CN)nn3C)cc2[nH]1. The summed E-state index contributed by atoms with van der Waals surface area (Å²) in [6, 6.07) is 8.18. The van der Waals surface area contributed by atoms with Crippen LogP contribution in [0.25, 0.3) is 22.3 Å². The van der Waals surface area contributed by atoms with E-state index in [1.165, 1.54) is 0 Å². The number of fused-ring (bicyclic) bond motifs is 1. The van der Waals surface area contributed by atoms with Gasteiger partial charge in [0.25, 0.3) is 0 Å². The molecule has 0 saturated carbocycles. The first-order valence-electron chi connectivity index (χ1n) is 5.87. The fourth-order valence-electron chi connectivity index (χ4n) is 2.19. The van der Waals surface area contributed by atoms with Crippen molar-refractivity contribution in [1.29, 1.82) is 0 Å². The van der Waals surface area contributed by atoms with E-state index in [4.69, 9.17) is 5.73 Å². The second kappa shape index (κ2) is 3.96. The van der Waals surface area contributed by atoms with Gasteiger partial charge >= 0.3 is 0 Å². The minimum Gasteiger partial charge on any atom is -0.342 e. The molecule has 0 aliphatic heterocycles. The molecule has 0 aliphatic carbocycles. The van der Waals surface area contributed by atoms with Crippen LogP contribution in [0.5, 0.6) is 0 Å². The maximum absolute atomic E-state index is 5.61. The molecule has 0 bridgehead atoms. The molecule has 3 N–H and O–H groups in total. The molecule has 3 aromatic rings. The number of hydrogen-bond acceptors (Lipinski definition) is 3. The first-order valence-corrected chi connectivity index (χ1v) is 5.87. The molecule has 2 aromatic heterocycles. The van der Waals surface area contributed by atoms with E-state index in [-0.39, 0.29) is 0 Å². The van der Waals surface area contributed by atoms with Gasteiger partial charge in [-0.15, -0.1) is 0 Å². The van der Waals surface area contributed by atoms with E-state index < -0.39 is 0 Å². The van der Waals surface area contributed by atoms with E-state index in [9.17, 15) is 0 Å². The lowest BCUT2D eigenvalue weighted by Crippen LogP contribution is -1.98. The maximum Gasteiger partial charge on any atom is 0.104 e. The Bertz CT molecular complexity index is 707. The van der Waals surface area contributed by atoms with E-state index >= 15 is 0 Å². The van der Waals surface area contributed by atoms with Gasteiger partial charge < -0.3 is 10.7 Å². The van der Waals surface area contributed by atoms with Gasteiger partial charge in [-0.05, 0) is 25.1 Å². The number of hydrogen-bond donors (Lipinski definition) is 2. The van der Waals surface area contributed by atoms with Gasteiger partial charge in [-0.1, -0.05) is 6.07 Å². The Morgan fingerprint density at radius 1 is 1.33 bits per heavy atom. The Hall–Kier alpha value is -2.14. The smallest absolute Gasteiger partial charge is 0.104 e. The molecule has 0 atom stereocenters. The first kappa shape index (κ1) is 11.0. The molecule has 5 nitrogen and oxygen atoms in total. The van der Waals surface area contributed by atoms with Gasteiger partial charge in [-0.2, -0.15) is 5.10 Å². The van der Waals surface area contributed by atoms with Gasteiger partial charge in [-0.3, -0.25) is 4.68 Å². The molecule has 1 aromatic carbocycles. The van der Waals surface area contributed by atoms with Gasteiger partial charge in [0.15, 0.2) is 0 Å². The lowest BCUT2D eigenvalue weighted by Gasteiger charge is -2.01. The number of aromatic nitrogens is 4. The quantitative estimate of drug-likeness (QED) is 0.717. The lowest BCUT2D eigenvalue weighted by molar-refractivity contribution is 0.749. The summed E-state index contributed by atoms with van der Waals surface area (Å²) in [5.41, 5.74) is 10.7. The minimum absolute atomic E-state index is 0.458. The van der Waals surface area contributed by atoms with E-state index in [1.54, 1.807) is 0 Å². The summed E-state index contributed by atoms with van der Waals surface area (Å²) >= 11 is 0. The topological polar surface area (TPSA) is 72.5 Å². The summed E-state index contributed by atoms with van der Waals surface area (Å²) < 4.78 is 1.85. The Balaban J connectivity index is 2.15. The van der Waals surface area contributed by atoms with Gasteiger partial charge in [0, 0.05) is 19.2 Å². The second-order valence-electron chi connectivity index (χ2n) is 4.40. The van der Waals surface area contributed by atoms with E-state index in [0.29, 0.717) is 6.54 Å². The molecule has 0 fully saturated rings. The van der Waals surface area contributed by atoms with Crippen LogP contribution in [0.3, 0.4) is 0 Å². The standard InChI is InChI=1S/C13H15N5/c1-8-15-11-4-3-9(5-12(11)16-8)13-6-10(7-14)17-18(13)2/h3-6H,7,14H2,1-2H3,(H,15,16). The van der Waals surface area contributed by atoms with Crippen molar-refractivity contribution in [3.63, 3.8) is 0 Å². The number of rotatable bonds is 2. The predicted octanol–water partition coefficient (Wildman–Crippen LogP) is 1.73. The van der Waals surface area contributed by atoms with Crippen LogP contribution in [0, 0.1) is 6.92 Å². The number of aromatic amines is 1. The maximum atomic E-state index is 5.61. The average molecular weight is 241 g/mol. The van der Waals surface area contributed by atoms with Crippen molar-refractivity contribution in [2.75, 3.05) is 0 Å². The Morgan fingerprint density at radius 2 is 2.17 bits per heavy atom. The van der Waals surface area contributed by atoms with Crippen LogP contribution in [-0.2, 0) is 13.6 Å². The number of imidazole rings is 1. The molecule has 0 amide bonds. The highest BCUT2D eigenvalue weighted by molar-refractivity contribution is 5.81. The summed E-state index contributed by atoms with van der Waals surface area (Å²) in [5, 5.41) is 4.36. The van der Waals surface area contributed by atoms with Crippen molar-refractivity contribution in [1.82, 2.24) is 19.7 Å². The number of nitrogens with one attached hydrogen (secondary N) is 1. The van der Waals surface area contributed by atoms with Crippen LogP contribution in [0.15, 0.2) is 24.3 Å². The second-order valence-corrected chi connectivity index (χ2v) is 4.40. The third-order valence-corrected chi connectivity index (χ3v) is 3.04. The van der Waals surface area contributed by atoms with Crippen molar-refractivity contribution in [2.24, 2.45) is 12.8 Å². The third kappa shape index (κ3) is 1.69. The van der Waals surface area contributed by atoms with Gasteiger partial charge in [0.1, 0.15) is 5.82 Å². The van der Waals surface area contributed by atoms with E-state index in [1.807, 2.05) is 30.8 Å². The molecular weight excluding hydrogens is 226 g/mol. The van der Waals surface area contributed by atoms with Crippen molar-refractivity contribution >= 4 is 11.0 Å². The zero-order valence-electron chi connectivity index (χ0n) is 10.4. The largest absolute Gasteiger partial charge is 0.342 e. The molecule has 3 rings (SSSR count). The van der Waals surface area contributed by atoms with Crippen molar-refractivity contribution in [2.45, 2.75) is 13.5 Å². The van der Waals surface area contributed by atoms with Crippen LogP contribution >= 0.6 is 0 Å². The van der Waals surface area contributed by atoms with Crippen LogP contribution in [0.2, 0.25) is 0 Å². The summed E-state index contributed by atoms with van der Waals surface area (Å²) in [7, 11) is 1.93. The van der Waals surface area contributed by atoms with Gasteiger partial charge in [0.2, 0.25) is 0 Å². The van der Waals surface area contributed by atoms with Crippen LogP contribution in [-0.4, -0.2) is 19.7 Å². The fraction of sp³-hybridized carbons (Fsp3) is 0.231. The number of H-pyrrole nitrogens is 1. The summed E-state index contributed by atoms with van der Waals surface area (Å²) in [4.78, 5) is 7.64. The van der Waals surface area contributed by atoms with Crippen molar-refractivity contribution < 1.29 is 0 Å².